The van der Waals surface area contributed by atoms with Crippen molar-refractivity contribution in [3.05, 3.63) is 28.8 Å². The largest absolute Gasteiger partial charge is 0.463 e. The highest BCUT2D eigenvalue weighted by Gasteiger charge is 2.41. The van der Waals surface area contributed by atoms with Crippen molar-refractivity contribution in [2.75, 3.05) is 20.7 Å². The molecule has 0 spiro atoms. The van der Waals surface area contributed by atoms with E-state index in [1.165, 1.54) is 6.92 Å². The van der Waals surface area contributed by atoms with Gasteiger partial charge in [0.05, 0.1) is 18.6 Å². The fraction of sp³-hybridized carbons (Fsp3) is 0.500. The van der Waals surface area contributed by atoms with Crippen molar-refractivity contribution in [1.29, 1.82) is 0 Å². The monoisotopic (exact) mass is 334 g/mol. The zero-order chi connectivity index (χ0) is 18.5. The Kier molecular flexibility index (Phi) is 6.51. The number of nitrogens with zero attached hydrogens (tertiary/aromatic N) is 2. The second kappa shape index (κ2) is 7.95. The highest BCUT2D eigenvalue weighted by Crippen LogP contribution is 2.33. The SMILES string of the molecule is CCOC(=O)C(C)(OC(C)=O)c1cc(C)c(N=CN(C)C)c(C)c1. The van der Waals surface area contributed by atoms with Gasteiger partial charge in [-0.3, -0.25) is 4.79 Å². The molecule has 0 radical (unpaired) electrons. The Morgan fingerprint density at radius 2 is 1.79 bits per heavy atom. The van der Waals surface area contributed by atoms with Crippen molar-refractivity contribution >= 4 is 24.0 Å². The number of carbonyl (C=O) groups excluding carboxylic acids is 2. The predicted molar refractivity (Wildman–Crippen MR) is 93.5 cm³/mol. The van der Waals surface area contributed by atoms with Crippen LogP contribution < -0.4 is 0 Å². The Morgan fingerprint density at radius 3 is 2.21 bits per heavy atom. The van der Waals surface area contributed by atoms with Crippen LogP contribution >= 0.6 is 0 Å². The minimum atomic E-state index is -1.48. The molecule has 1 rings (SSSR count). The van der Waals surface area contributed by atoms with Crippen LogP contribution in [0.2, 0.25) is 0 Å². The van der Waals surface area contributed by atoms with Gasteiger partial charge in [-0.1, -0.05) is 0 Å². The van der Waals surface area contributed by atoms with Gasteiger partial charge in [-0.25, -0.2) is 9.79 Å². The Morgan fingerprint density at radius 1 is 1.25 bits per heavy atom. The van der Waals surface area contributed by atoms with Crippen LogP contribution in [0.15, 0.2) is 17.1 Å². The topological polar surface area (TPSA) is 68.2 Å². The van der Waals surface area contributed by atoms with Gasteiger partial charge in [0.25, 0.3) is 0 Å². The van der Waals surface area contributed by atoms with Gasteiger partial charge >= 0.3 is 11.9 Å². The van der Waals surface area contributed by atoms with Crippen LogP contribution in [-0.4, -0.2) is 43.9 Å². The zero-order valence-corrected chi connectivity index (χ0v) is 15.5. The number of rotatable bonds is 6. The molecule has 0 saturated carbocycles. The molecule has 1 aromatic carbocycles. The van der Waals surface area contributed by atoms with Gasteiger partial charge in [0.2, 0.25) is 5.60 Å². The van der Waals surface area contributed by atoms with Gasteiger partial charge in [0.15, 0.2) is 0 Å². The van der Waals surface area contributed by atoms with Crippen LogP contribution in [0.4, 0.5) is 5.69 Å². The molecule has 1 aromatic rings. The molecule has 132 valence electrons. The first-order valence-corrected chi connectivity index (χ1v) is 7.81. The van der Waals surface area contributed by atoms with E-state index in [4.69, 9.17) is 9.47 Å². The maximum atomic E-state index is 12.4. The molecule has 0 saturated heterocycles. The summed E-state index contributed by atoms with van der Waals surface area (Å²) in [5, 5.41) is 0. The van der Waals surface area contributed by atoms with Crippen LogP contribution in [0.3, 0.4) is 0 Å². The van der Waals surface area contributed by atoms with E-state index in [1.54, 1.807) is 32.3 Å². The van der Waals surface area contributed by atoms with Gasteiger partial charge in [-0.15, -0.1) is 0 Å². The normalized spacial score (nSPS) is 13.5. The van der Waals surface area contributed by atoms with Crippen LogP contribution in [0.5, 0.6) is 0 Å². The zero-order valence-electron chi connectivity index (χ0n) is 15.5. The molecule has 0 aliphatic rings. The highest BCUT2D eigenvalue weighted by molar-refractivity contribution is 5.84. The van der Waals surface area contributed by atoms with Crippen molar-refractivity contribution < 1.29 is 19.1 Å². The molecule has 6 nitrogen and oxygen atoms in total. The molecule has 0 N–H and O–H groups in total. The average molecular weight is 334 g/mol. The Balaban J connectivity index is 3.40. The third kappa shape index (κ3) is 4.57. The maximum absolute atomic E-state index is 12.4. The molecule has 0 amide bonds. The fourth-order valence-corrected chi connectivity index (χ4v) is 2.38. The summed E-state index contributed by atoms with van der Waals surface area (Å²) >= 11 is 0. The number of carbonyl (C=O) groups is 2. The highest BCUT2D eigenvalue weighted by atomic mass is 16.6. The molecule has 6 heteroatoms. The van der Waals surface area contributed by atoms with Crippen LogP contribution in [0, 0.1) is 13.8 Å². The van der Waals surface area contributed by atoms with E-state index in [2.05, 4.69) is 4.99 Å². The fourth-order valence-electron chi connectivity index (χ4n) is 2.38. The quantitative estimate of drug-likeness (QED) is 0.454. The summed E-state index contributed by atoms with van der Waals surface area (Å²) in [7, 11) is 3.78. The summed E-state index contributed by atoms with van der Waals surface area (Å²) in [4.78, 5) is 30.2. The van der Waals surface area contributed by atoms with Gasteiger partial charge < -0.3 is 14.4 Å². The number of ether oxygens (including phenoxy) is 2. The van der Waals surface area contributed by atoms with Crippen molar-refractivity contribution in [3.63, 3.8) is 0 Å². The van der Waals surface area contributed by atoms with Crippen LogP contribution in [0.25, 0.3) is 0 Å². The van der Waals surface area contributed by atoms with Crippen molar-refractivity contribution in [2.45, 2.75) is 40.2 Å². The van der Waals surface area contributed by atoms with Crippen LogP contribution in [0.1, 0.15) is 37.5 Å². The molecule has 1 atom stereocenters. The van der Waals surface area contributed by atoms with Crippen molar-refractivity contribution in [3.8, 4) is 0 Å². The lowest BCUT2D eigenvalue weighted by Crippen LogP contribution is -2.39. The van der Waals surface area contributed by atoms with Gasteiger partial charge in [-0.2, -0.15) is 0 Å². The number of hydrogen-bond donors (Lipinski definition) is 0. The standard InChI is InChI=1S/C18H26N2O4/c1-8-23-17(22)18(5,24-14(4)21)15-9-12(2)16(13(3)10-15)19-11-20(6)7/h9-11H,8H2,1-7H3. The second-order valence-electron chi connectivity index (χ2n) is 6.01. The average Bonchev–Trinajstić information content (AvgIpc) is 2.45. The lowest BCUT2D eigenvalue weighted by molar-refractivity contribution is -0.180. The molecular weight excluding hydrogens is 308 g/mol. The Bertz CT molecular complexity index is 629. The van der Waals surface area contributed by atoms with Gasteiger partial charge in [0.1, 0.15) is 0 Å². The molecule has 24 heavy (non-hydrogen) atoms. The summed E-state index contributed by atoms with van der Waals surface area (Å²) in [6.45, 7) is 8.53. The van der Waals surface area contributed by atoms with E-state index in [0.717, 1.165) is 16.8 Å². The molecule has 0 aliphatic heterocycles. The number of hydrogen-bond acceptors (Lipinski definition) is 5. The summed E-state index contributed by atoms with van der Waals surface area (Å²) in [6.07, 6.45) is 1.71. The molecular formula is C18H26N2O4. The number of esters is 2. The van der Waals surface area contributed by atoms with Crippen molar-refractivity contribution in [2.24, 2.45) is 4.99 Å². The number of aliphatic imine (C=N–C) groups is 1. The molecule has 1 unspecified atom stereocenters. The number of aryl methyl sites for hydroxylation is 2. The first kappa shape index (κ1) is 19.7. The summed E-state index contributed by atoms with van der Waals surface area (Å²) in [5.41, 5.74) is 1.66. The second-order valence-corrected chi connectivity index (χ2v) is 6.01. The van der Waals surface area contributed by atoms with E-state index in [1.807, 2.05) is 32.8 Å². The summed E-state index contributed by atoms with van der Waals surface area (Å²) in [6, 6.07) is 3.60. The lowest BCUT2D eigenvalue weighted by Gasteiger charge is -2.28. The first-order valence-electron chi connectivity index (χ1n) is 7.81. The third-order valence-electron chi connectivity index (χ3n) is 3.47. The number of benzene rings is 1. The third-order valence-corrected chi connectivity index (χ3v) is 3.47. The van der Waals surface area contributed by atoms with Gasteiger partial charge in [-0.05, 0) is 51.0 Å². The molecule has 0 aromatic heterocycles. The summed E-state index contributed by atoms with van der Waals surface area (Å²) < 4.78 is 10.4. The van der Waals surface area contributed by atoms with Gasteiger partial charge in [0, 0.05) is 26.6 Å². The summed E-state index contributed by atoms with van der Waals surface area (Å²) in [5.74, 6) is -1.14. The molecule has 0 fully saturated rings. The van der Waals surface area contributed by atoms with E-state index >= 15 is 0 Å². The smallest absolute Gasteiger partial charge is 0.355 e. The van der Waals surface area contributed by atoms with Crippen molar-refractivity contribution in [1.82, 2.24) is 4.90 Å². The van der Waals surface area contributed by atoms with Crippen LogP contribution in [-0.2, 0) is 24.7 Å². The van der Waals surface area contributed by atoms with E-state index in [-0.39, 0.29) is 6.61 Å². The van der Waals surface area contributed by atoms with E-state index < -0.39 is 17.5 Å². The minimum Gasteiger partial charge on any atom is -0.463 e. The molecule has 0 aliphatic carbocycles. The lowest BCUT2D eigenvalue weighted by atomic mass is 9.91. The first-order chi connectivity index (χ1) is 11.1. The molecule has 0 heterocycles. The maximum Gasteiger partial charge on any atom is 0.355 e. The Labute approximate surface area is 143 Å². The Hall–Kier alpha value is -2.37. The molecule has 0 bridgehead atoms. The predicted octanol–water partition coefficient (Wildman–Crippen LogP) is 2.87. The van der Waals surface area contributed by atoms with E-state index in [9.17, 15) is 9.59 Å². The van der Waals surface area contributed by atoms with E-state index in [0.29, 0.717) is 5.56 Å². The minimum absolute atomic E-state index is 0.207.